The predicted molar refractivity (Wildman–Crippen MR) is 124 cm³/mol. The lowest BCUT2D eigenvalue weighted by atomic mass is 10.0. The summed E-state index contributed by atoms with van der Waals surface area (Å²) < 4.78 is 4.38. The molecule has 0 atom stereocenters. The number of anilines is 2. The second kappa shape index (κ2) is 9.16. The van der Waals surface area contributed by atoms with Gasteiger partial charge in [-0.3, -0.25) is 4.90 Å². The Morgan fingerprint density at radius 1 is 1.16 bits per heavy atom. The Morgan fingerprint density at radius 3 is 2.48 bits per heavy atom. The first-order valence-electron chi connectivity index (χ1n) is 10.4. The van der Waals surface area contributed by atoms with Gasteiger partial charge in [0.05, 0.1) is 11.4 Å². The fraction of sp³-hybridized carbons (Fsp3) is 0.455. The van der Waals surface area contributed by atoms with E-state index >= 15 is 0 Å². The quantitative estimate of drug-likeness (QED) is 0.577. The van der Waals surface area contributed by atoms with Gasteiger partial charge in [0.2, 0.25) is 11.1 Å². The van der Waals surface area contributed by atoms with E-state index in [0.29, 0.717) is 23.1 Å². The van der Waals surface area contributed by atoms with Crippen LogP contribution in [0.3, 0.4) is 0 Å². The van der Waals surface area contributed by atoms with Gasteiger partial charge in [0.25, 0.3) is 0 Å². The molecule has 2 N–H and O–H groups in total. The molecule has 1 fully saturated rings. The summed E-state index contributed by atoms with van der Waals surface area (Å²) in [7, 11) is 0. The summed E-state index contributed by atoms with van der Waals surface area (Å²) in [6.45, 7) is 7.24. The van der Waals surface area contributed by atoms with Crippen LogP contribution < -0.4 is 10.2 Å². The molecule has 0 unspecified atom stereocenters. The Bertz CT molecular complexity index is 1030. The summed E-state index contributed by atoms with van der Waals surface area (Å²) in [4.78, 5) is 16.4. The molecule has 0 spiro atoms. The van der Waals surface area contributed by atoms with Crippen molar-refractivity contribution in [3.8, 4) is 0 Å². The molecular weight excluding hydrogens is 432 g/mol. The maximum atomic E-state index is 10.7. The van der Waals surface area contributed by atoms with E-state index in [-0.39, 0.29) is 6.04 Å². The Morgan fingerprint density at radius 2 is 1.87 bits per heavy atom. The largest absolute Gasteiger partial charge is 0.384 e. The smallest absolute Gasteiger partial charge is 0.232 e. The van der Waals surface area contributed by atoms with Crippen LogP contribution >= 0.6 is 23.1 Å². The number of benzene rings is 1. The van der Waals surface area contributed by atoms with Gasteiger partial charge in [0.15, 0.2) is 0 Å². The molecule has 1 aliphatic heterocycles. The number of rotatable bonds is 6. The minimum atomic E-state index is -1.09. The van der Waals surface area contributed by atoms with Gasteiger partial charge in [-0.1, -0.05) is 23.7 Å². The summed E-state index contributed by atoms with van der Waals surface area (Å²) in [6, 6.07) is 9.83. The van der Waals surface area contributed by atoms with Crippen LogP contribution in [0.15, 0.2) is 30.3 Å². The van der Waals surface area contributed by atoms with Crippen LogP contribution in [0.5, 0.6) is 0 Å². The van der Waals surface area contributed by atoms with Gasteiger partial charge in [0, 0.05) is 29.0 Å². The number of aromatic nitrogens is 4. The van der Waals surface area contributed by atoms with Crippen LogP contribution in [-0.2, 0) is 12.0 Å². The van der Waals surface area contributed by atoms with Crippen molar-refractivity contribution in [1.29, 1.82) is 0 Å². The lowest BCUT2D eigenvalue weighted by Crippen LogP contribution is -2.42. The Labute approximate surface area is 191 Å². The highest BCUT2D eigenvalue weighted by atomic mass is 35.5. The third-order valence-corrected chi connectivity index (χ3v) is 6.36. The van der Waals surface area contributed by atoms with Gasteiger partial charge in [-0.25, -0.2) is 15.0 Å². The number of aryl methyl sites for hydroxylation is 1. The molecule has 0 radical (unpaired) electrons. The van der Waals surface area contributed by atoms with E-state index in [1.807, 2.05) is 37.3 Å². The van der Waals surface area contributed by atoms with E-state index in [2.05, 4.69) is 19.6 Å². The Kier molecular flexibility index (Phi) is 6.52. The van der Waals surface area contributed by atoms with E-state index < -0.39 is 5.60 Å². The zero-order valence-electron chi connectivity index (χ0n) is 18.0. The SMILES string of the molecule is Cc1nsc(N(c2nc(Cc3ccc(Cl)cc3)cc(C(C)(C)O)n2)C2CCNCC2)n1. The molecule has 1 aliphatic rings. The summed E-state index contributed by atoms with van der Waals surface area (Å²) in [5.41, 5.74) is 1.42. The fourth-order valence-corrected chi connectivity index (χ4v) is 4.53. The summed E-state index contributed by atoms with van der Waals surface area (Å²) in [5, 5.41) is 15.6. The first kappa shape index (κ1) is 22.1. The van der Waals surface area contributed by atoms with Crippen LogP contribution in [0.4, 0.5) is 11.1 Å². The van der Waals surface area contributed by atoms with Crippen LogP contribution in [0.1, 0.15) is 49.5 Å². The summed E-state index contributed by atoms with van der Waals surface area (Å²) in [6.07, 6.45) is 2.54. The molecule has 0 aliphatic carbocycles. The molecule has 31 heavy (non-hydrogen) atoms. The second-order valence-corrected chi connectivity index (χ2v) is 9.55. The van der Waals surface area contributed by atoms with Gasteiger partial charge in [-0.2, -0.15) is 4.37 Å². The number of piperidine rings is 1. The van der Waals surface area contributed by atoms with Crippen molar-refractivity contribution in [1.82, 2.24) is 24.6 Å². The number of halogens is 1. The molecule has 1 aromatic carbocycles. The van der Waals surface area contributed by atoms with E-state index in [9.17, 15) is 5.11 Å². The lowest BCUT2D eigenvalue weighted by Gasteiger charge is -2.33. The van der Waals surface area contributed by atoms with Crippen molar-refractivity contribution in [2.75, 3.05) is 18.0 Å². The molecule has 7 nitrogen and oxygen atoms in total. The molecule has 4 rings (SSSR count). The standard InChI is InChI=1S/C22H27ClN6OS/c1-14-25-21(31-28-14)29(18-8-10-24-11-9-18)20-26-17(13-19(27-20)22(2,3)30)12-15-4-6-16(23)7-5-15/h4-7,13,18,24,30H,8-12H2,1-3H3. The number of nitrogens with zero attached hydrogens (tertiary/aromatic N) is 5. The van der Waals surface area contributed by atoms with Crippen LogP contribution in [0, 0.1) is 6.92 Å². The monoisotopic (exact) mass is 458 g/mol. The highest BCUT2D eigenvalue weighted by molar-refractivity contribution is 7.09. The molecule has 1 saturated heterocycles. The highest BCUT2D eigenvalue weighted by Crippen LogP contribution is 2.32. The van der Waals surface area contributed by atoms with Crippen LogP contribution in [-0.4, -0.2) is 43.6 Å². The van der Waals surface area contributed by atoms with Gasteiger partial charge in [0.1, 0.15) is 11.4 Å². The van der Waals surface area contributed by atoms with Gasteiger partial charge in [-0.05, 0) is 70.5 Å². The molecular formula is C22H27ClN6OS. The lowest BCUT2D eigenvalue weighted by molar-refractivity contribution is 0.0736. The first-order chi connectivity index (χ1) is 14.8. The zero-order valence-corrected chi connectivity index (χ0v) is 19.5. The van der Waals surface area contributed by atoms with Crippen molar-refractivity contribution in [2.45, 2.75) is 51.7 Å². The second-order valence-electron chi connectivity index (χ2n) is 8.38. The average Bonchev–Trinajstić information content (AvgIpc) is 3.16. The molecule has 2 aromatic heterocycles. The Balaban J connectivity index is 1.78. The first-order valence-corrected chi connectivity index (χ1v) is 11.6. The maximum Gasteiger partial charge on any atom is 0.232 e. The molecule has 0 saturated carbocycles. The van der Waals surface area contributed by atoms with Crippen LogP contribution in [0.25, 0.3) is 0 Å². The van der Waals surface area contributed by atoms with E-state index in [1.165, 1.54) is 11.5 Å². The topological polar surface area (TPSA) is 87.1 Å². The number of hydrogen-bond acceptors (Lipinski definition) is 8. The Hall–Kier alpha value is -2.13. The minimum Gasteiger partial charge on any atom is -0.384 e. The third-order valence-electron chi connectivity index (χ3n) is 5.30. The molecule has 3 heterocycles. The summed E-state index contributed by atoms with van der Waals surface area (Å²) >= 11 is 7.40. The maximum absolute atomic E-state index is 10.7. The van der Waals surface area contributed by atoms with Gasteiger partial charge >= 0.3 is 0 Å². The minimum absolute atomic E-state index is 0.217. The third kappa shape index (κ3) is 5.38. The molecule has 0 amide bonds. The highest BCUT2D eigenvalue weighted by Gasteiger charge is 2.30. The normalized spacial score (nSPS) is 15.3. The van der Waals surface area contributed by atoms with Gasteiger partial charge < -0.3 is 10.4 Å². The van der Waals surface area contributed by atoms with E-state index in [4.69, 9.17) is 21.6 Å². The molecule has 9 heteroatoms. The van der Waals surface area contributed by atoms with Crippen molar-refractivity contribution in [3.05, 3.63) is 58.1 Å². The van der Waals surface area contributed by atoms with Crippen LogP contribution in [0.2, 0.25) is 5.02 Å². The fourth-order valence-electron chi connectivity index (χ4n) is 3.66. The average molecular weight is 459 g/mol. The van der Waals surface area contributed by atoms with Crippen molar-refractivity contribution >= 4 is 34.2 Å². The van der Waals surface area contributed by atoms with E-state index in [1.54, 1.807) is 13.8 Å². The predicted octanol–water partition coefficient (Wildman–Crippen LogP) is 4.00. The molecule has 0 bridgehead atoms. The van der Waals surface area contributed by atoms with Crippen molar-refractivity contribution in [3.63, 3.8) is 0 Å². The number of aliphatic hydroxyl groups is 1. The number of hydrogen-bond donors (Lipinski definition) is 2. The molecule has 164 valence electrons. The van der Waals surface area contributed by atoms with Gasteiger partial charge in [-0.15, -0.1) is 0 Å². The van der Waals surface area contributed by atoms with Crippen molar-refractivity contribution < 1.29 is 5.11 Å². The zero-order chi connectivity index (χ0) is 22.0. The number of nitrogens with one attached hydrogen (secondary N) is 1. The van der Waals surface area contributed by atoms with E-state index in [0.717, 1.165) is 48.1 Å². The summed E-state index contributed by atoms with van der Waals surface area (Å²) in [5.74, 6) is 1.30. The molecule has 3 aromatic rings. The van der Waals surface area contributed by atoms with Crippen molar-refractivity contribution in [2.24, 2.45) is 0 Å².